The number of hydrogen-bond acceptors (Lipinski definition) is 8. The van der Waals surface area contributed by atoms with Gasteiger partial charge in [0.05, 0.1) is 25.4 Å². The van der Waals surface area contributed by atoms with Crippen molar-refractivity contribution >= 4 is 27.4 Å². The molecule has 0 amide bonds. The van der Waals surface area contributed by atoms with Crippen molar-refractivity contribution in [1.82, 2.24) is 0 Å². The van der Waals surface area contributed by atoms with Crippen molar-refractivity contribution in [2.45, 2.75) is 128 Å². The smallest absolute Gasteiger partial charge is 0.216 e. The summed E-state index contributed by atoms with van der Waals surface area (Å²) in [5, 5.41) is 9.96. The first-order chi connectivity index (χ1) is 25.0. The van der Waals surface area contributed by atoms with Gasteiger partial charge in [0.2, 0.25) is 11.8 Å². The Bertz CT molecular complexity index is 1210. The minimum Gasteiger partial charge on any atom is -0.475 e. The number of benzene rings is 2. The van der Waals surface area contributed by atoms with E-state index in [1.165, 1.54) is 57.8 Å². The summed E-state index contributed by atoms with van der Waals surface area (Å²) in [6.07, 6.45) is 16.1. The van der Waals surface area contributed by atoms with Gasteiger partial charge in [0.15, 0.2) is 0 Å². The molecule has 1 unspecified atom stereocenters. The third-order valence-corrected chi connectivity index (χ3v) is 9.48. The summed E-state index contributed by atoms with van der Waals surface area (Å²) in [7, 11) is 5.06. The monoisotopic (exact) mass is 722 g/mol. The number of unbranched alkanes of at least 4 members (excludes halogenated alkanes) is 8. The summed E-state index contributed by atoms with van der Waals surface area (Å²) in [4.78, 5) is 9.18. The van der Waals surface area contributed by atoms with Crippen molar-refractivity contribution in [1.29, 1.82) is 0 Å². The third kappa shape index (κ3) is 19.4. The first-order valence-corrected chi connectivity index (χ1v) is 21.3. The molecule has 2 aliphatic heterocycles. The van der Waals surface area contributed by atoms with Crippen LogP contribution in [0.3, 0.4) is 0 Å². The molecule has 2 aromatic carbocycles. The standard InChI is InChI=1S/C21H33BNO3P.C20H31NO3/c1-3-4-5-6-10-13-20(26-27(2)22)14-15-24-16-19-17-25-21(23-19)18-11-8-7-9-12-18;1-2-3-4-5-9-12-19(22)13-14-23-15-18-16-24-20(21-18)17-10-7-6-8-11-17/h7-9,11-12,19-20H,3-6,10,13-17H2,1-2H3;6-8,10-11,18-19,22H,2-5,9,12-16H2,1H3/t19-,20-,27?;18-,19-/m11/s1. The minimum atomic E-state index is -0.826. The average Bonchev–Trinajstić information content (AvgIpc) is 3.83. The van der Waals surface area contributed by atoms with Gasteiger partial charge >= 0.3 is 0 Å². The lowest BCUT2D eigenvalue weighted by molar-refractivity contribution is 0.0675. The minimum absolute atomic E-state index is 0.0615. The molecule has 0 aromatic heterocycles. The Balaban J connectivity index is 0.000000277. The van der Waals surface area contributed by atoms with Crippen molar-refractivity contribution < 1.29 is 28.6 Å². The summed E-state index contributed by atoms with van der Waals surface area (Å²) in [5.41, 5.74) is 2.04. The molecule has 2 radical (unpaired) electrons. The van der Waals surface area contributed by atoms with Gasteiger partial charge in [-0.1, -0.05) is 114 Å². The molecular weight excluding hydrogens is 658 g/mol. The summed E-state index contributed by atoms with van der Waals surface area (Å²) < 4.78 is 28.8. The van der Waals surface area contributed by atoms with Gasteiger partial charge in [-0.25, -0.2) is 9.98 Å². The second kappa shape index (κ2) is 27.3. The lowest BCUT2D eigenvalue weighted by Crippen LogP contribution is -2.18. The van der Waals surface area contributed by atoms with Crippen LogP contribution in [0.15, 0.2) is 70.6 Å². The molecule has 51 heavy (non-hydrogen) atoms. The van der Waals surface area contributed by atoms with Crippen LogP contribution in [0.2, 0.25) is 0 Å². The predicted octanol–water partition coefficient (Wildman–Crippen LogP) is 9.05. The number of aliphatic hydroxyl groups is 1. The Labute approximate surface area is 311 Å². The van der Waals surface area contributed by atoms with Crippen LogP contribution in [0.4, 0.5) is 0 Å². The summed E-state index contributed by atoms with van der Waals surface area (Å²) in [6, 6.07) is 20.1. The van der Waals surface area contributed by atoms with E-state index in [1.54, 1.807) is 0 Å². The van der Waals surface area contributed by atoms with Crippen LogP contribution in [0.25, 0.3) is 0 Å². The molecule has 10 heteroatoms. The molecule has 4 rings (SSSR count). The van der Waals surface area contributed by atoms with Crippen molar-refractivity contribution in [3.8, 4) is 0 Å². The zero-order valence-corrected chi connectivity index (χ0v) is 32.5. The van der Waals surface area contributed by atoms with Gasteiger partial charge in [0.1, 0.15) is 32.9 Å². The fraction of sp³-hybridized carbons (Fsp3) is 0.659. The maximum absolute atomic E-state index is 9.96. The Morgan fingerprint density at radius 3 is 1.65 bits per heavy atom. The number of aliphatic imine (C=N–C) groups is 2. The van der Waals surface area contributed by atoms with Gasteiger partial charge in [-0.2, -0.15) is 0 Å². The zero-order valence-electron chi connectivity index (χ0n) is 31.6. The topological polar surface area (TPSA) is 91.1 Å². The van der Waals surface area contributed by atoms with Crippen LogP contribution < -0.4 is 0 Å². The highest BCUT2D eigenvalue weighted by Gasteiger charge is 2.21. The zero-order chi connectivity index (χ0) is 36.4. The van der Waals surface area contributed by atoms with Crippen molar-refractivity contribution in [2.24, 2.45) is 9.98 Å². The quantitative estimate of drug-likeness (QED) is 0.0592. The van der Waals surface area contributed by atoms with Gasteiger partial charge in [0, 0.05) is 24.3 Å². The largest absolute Gasteiger partial charge is 0.475 e. The molecule has 0 bridgehead atoms. The van der Waals surface area contributed by atoms with E-state index < -0.39 is 8.03 Å². The summed E-state index contributed by atoms with van der Waals surface area (Å²) >= 11 is 0. The Hall–Kier alpha value is -2.29. The highest BCUT2D eigenvalue weighted by molar-refractivity contribution is 7.77. The molecule has 2 aliphatic rings. The Morgan fingerprint density at radius 2 is 1.16 bits per heavy atom. The number of rotatable bonds is 26. The maximum atomic E-state index is 9.96. The first kappa shape index (κ1) is 43.1. The Kier molecular flexibility index (Phi) is 23.1. The first-order valence-electron chi connectivity index (χ1n) is 19.5. The highest BCUT2D eigenvalue weighted by Crippen LogP contribution is 2.30. The second-order valence-electron chi connectivity index (χ2n) is 13.6. The van der Waals surface area contributed by atoms with Gasteiger partial charge in [-0.15, -0.1) is 0 Å². The maximum Gasteiger partial charge on any atom is 0.216 e. The van der Waals surface area contributed by atoms with E-state index in [4.69, 9.17) is 31.0 Å². The molecular formula is C41H64BN2O6P. The molecule has 0 spiro atoms. The average molecular weight is 723 g/mol. The van der Waals surface area contributed by atoms with Crippen molar-refractivity contribution in [3.05, 3.63) is 71.8 Å². The SMILES string of the molecule is CCCCCCC[C@@H](O)CCOC[C@@H]1COC(c2ccccc2)=N1.[B]P(C)O[C@H](CCCCCCC)CCOC[C@@H]1COC(c2ccccc2)=N1. The van der Waals surface area contributed by atoms with E-state index in [1.807, 2.05) is 67.3 Å². The molecule has 0 saturated heterocycles. The molecule has 8 nitrogen and oxygen atoms in total. The Morgan fingerprint density at radius 1 is 0.686 bits per heavy atom. The lowest BCUT2D eigenvalue weighted by atomic mass is 10.1. The molecule has 2 heterocycles. The van der Waals surface area contributed by atoms with E-state index >= 15 is 0 Å². The van der Waals surface area contributed by atoms with Crippen LogP contribution in [0.1, 0.15) is 115 Å². The molecule has 1 N–H and O–H groups in total. The van der Waals surface area contributed by atoms with E-state index in [2.05, 4.69) is 23.8 Å². The fourth-order valence-electron chi connectivity index (χ4n) is 5.94. The summed E-state index contributed by atoms with van der Waals surface area (Å²) in [5.74, 6) is 1.42. The molecule has 5 atom stereocenters. The van der Waals surface area contributed by atoms with Gasteiger partial charge in [-0.05, 0) is 64.6 Å². The lowest BCUT2D eigenvalue weighted by Gasteiger charge is -2.21. The van der Waals surface area contributed by atoms with Gasteiger partial charge < -0.3 is 28.6 Å². The molecule has 282 valence electrons. The van der Waals surface area contributed by atoms with Crippen molar-refractivity contribution in [3.63, 3.8) is 0 Å². The van der Waals surface area contributed by atoms with Crippen LogP contribution in [0, 0.1) is 0 Å². The second-order valence-corrected chi connectivity index (χ2v) is 14.9. The van der Waals surface area contributed by atoms with Crippen LogP contribution in [-0.2, 0) is 23.5 Å². The van der Waals surface area contributed by atoms with E-state index in [0.717, 1.165) is 42.7 Å². The molecule has 0 saturated carbocycles. The summed E-state index contributed by atoms with van der Waals surface area (Å²) in [6.45, 7) is 9.98. The number of aliphatic hydroxyl groups excluding tert-OH is 1. The number of nitrogens with zero attached hydrogens (tertiary/aromatic N) is 2. The van der Waals surface area contributed by atoms with Gasteiger partial charge in [0.25, 0.3) is 0 Å². The third-order valence-electron chi connectivity index (χ3n) is 8.85. The van der Waals surface area contributed by atoms with Crippen LogP contribution in [0.5, 0.6) is 0 Å². The normalized spacial score (nSPS) is 18.5. The van der Waals surface area contributed by atoms with Gasteiger partial charge in [-0.3, -0.25) is 0 Å². The fourth-order valence-corrected chi connectivity index (χ4v) is 6.62. The molecule has 0 fully saturated rings. The van der Waals surface area contributed by atoms with E-state index in [0.29, 0.717) is 52.0 Å². The molecule has 2 aromatic rings. The van der Waals surface area contributed by atoms with Crippen molar-refractivity contribution in [2.75, 3.05) is 46.3 Å². The van der Waals surface area contributed by atoms with E-state index in [9.17, 15) is 5.11 Å². The van der Waals surface area contributed by atoms with E-state index in [-0.39, 0.29) is 24.3 Å². The number of hydrogen-bond donors (Lipinski definition) is 1. The van der Waals surface area contributed by atoms with Crippen LogP contribution >= 0.6 is 8.03 Å². The predicted molar refractivity (Wildman–Crippen MR) is 213 cm³/mol. The van der Waals surface area contributed by atoms with Crippen LogP contribution in [-0.4, -0.2) is 95.1 Å². The molecule has 0 aliphatic carbocycles. The highest BCUT2D eigenvalue weighted by atomic mass is 31.1. The number of ether oxygens (including phenoxy) is 4.